The average Bonchev–Trinajstić information content (AvgIpc) is 2.56. The Kier molecular flexibility index (Phi) is 4.14. The van der Waals surface area contributed by atoms with E-state index in [2.05, 4.69) is 43.1 Å². The molecule has 3 rings (SSSR count). The number of aromatic nitrogens is 3. The lowest BCUT2D eigenvalue weighted by Gasteiger charge is -2.36. The second-order valence-corrected chi connectivity index (χ2v) is 4.95. The monoisotopic (exact) mass is 284 g/mol. The molecule has 21 heavy (non-hydrogen) atoms. The molecule has 0 bridgehead atoms. The summed E-state index contributed by atoms with van der Waals surface area (Å²) in [6, 6.07) is 8.05. The van der Waals surface area contributed by atoms with Crippen molar-refractivity contribution in [1.82, 2.24) is 15.0 Å². The number of piperazine rings is 1. The van der Waals surface area contributed by atoms with Gasteiger partial charge < -0.3 is 15.1 Å². The van der Waals surface area contributed by atoms with Crippen LogP contribution in [0.2, 0.25) is 0 Å². The smallest absolute Gasteiger partial charge is 0.134 e. The van der Waals surface area contributed by atoms with Gasteiger partial charge in [-0.1, -0.05) is 6.07 Å². The van der Waals surface area contributed by atoms with Crippen LogP contribution in [0.3, 0.4) is 0 Å². The third-order valence-electron chi connectivity index (χ3n) is 3.59. The van der Waals surface area contributed by atoms with Crippen molar-refractivity contribution in [3.05, 3.63) is 36.8 Å². The molecule has 1 N–H and O–H groups in total. The van der Waals surface area contributed by atoms with E-state index in [0.717, 1.165) is 50.2 Å². The van der Waals surface area contributed by atoms with Gasteiger partial charge in [0.1, 0.15) is 23.8 Å². The Morgan fingerprint density at radius 3 is 2.43 bits per heavy atom. The predicted octanol–water partition coefficient (Wildman–Crippen LogP) is 1.63. The summed E-state index contributed by atoms with van der Waals surface area (Å²) in [4.78, 5) is 17.6. The summed E-state index contributed by atoms with van der Waals surface area (Å²) in [6.07, 6.45) is 3.47. The number of nitrogens with one attached hydrogen (secondary N) is 1. The van der Waals surface area contributed by atoms with Crippen molar-refractivity contribution in [3.8, 4) is 0 Å². The molecular formula is C15H20N6. The van der Waals surface area contributed by atoms with Crippen molar-refractivity contribution < 1.29 is 0 Å². The maximum absolute atomic E-state index is 4.41. The van der Waals surface area contributed by atoms with Gasteiger partial charge >= 0.3 is 0 Å². The quantitative estimate of drug-likeness (QED) is 0.921. The fraction of sp³-hybridized carbons (Fsp3) is 0.400. The van der Waals surface area contributed by atoms with Crippen LogP contribution in [-0.2, 0) is 0 Å². The van der Waals surface area contributed by atoms with Gasteiger partial charge in [0.15, 0.2) is 0 Å². The molecule has 0 atom stereocenters. The predicted molar refractivity (Wildman–Crippen MR) is 84.9 cm³/mol. The molecule has 1 saturated heterocycles. The number of rotatable bonds is 4. The van der Waals surface area contributed by atoms with E-state index in [1.165, 1.54) is 0 Å². The van der Waals surface area contributed by atoms with E-state index in [9.17, 15) is 0 Å². The number of nitrogens with zero attached hydrogens (tertiary/aromatic N) is 5. The fourth-order valence-corrected chi connectivity index (χ4v) is 2.50. The molecule has 1 aliphatic rings. The molecule has 0 amide bonds. The molecule has 0 spiro atoms. The molecule has 110 valence electrons. The molecule has 0 unspecified atom stereocenters. The van der Waals surface area contributed by atoms with Gasteiger partial charge in [-0.2, -0.15) is 0 Å². The lowest BCUT2D eigenvalue weighted by atomic mass is 10.3. The Morgan fingerprint density at radius 2 is 1.76 bits per heavy atom. The Morgan fingerprint density at radius 1 is 1.00 bits per heavy atom. The zero-order valence-corrected chi connectivity index (χ0v) is 12.2. The molecule has 6 nitrogen and oxygen atoms in total. The van der Waals surface area contributed by atoms with E-state index in [1.807, 2.05) is 24.4 Å². The maximum Gasteiger partial charge on any atom is 0.134 e. The van der Waals surface area contributed by atoms with Crippen molar-refractivity contribution in [3.63, 3.8) is 0 Å². The minimum absolute atomic E-state index is 0.865. The molecule has 1 aliphatic heterocycles. The zero-order chi connectivity index (χ0) is 14.5. The van der Waals surface area contributed by atoms with E-state index in [-0.39, 0.29) is 0 Å². The number of pyridine rings is 1. The summed E-state index contributed by atoms with van der Waals surface area (Å²) < 4.78 is 0. The van der Waals surface area contributed by atoms with Crippen LogP contribution < -0.4 is 15.1 Å². The van der Waals surface area contributed by atoms with Crippen LogP contribution in [0.15, 0.2) is 36.8 Å². The molecule has 3 heterocycles. The summed E-state index contributed by atoms with van der Waals surface area (Å²) in [5.74, 6) is 2.92. The Hall–Kier alpha value is -2.37. The maximum atomic E-state index is 4.41. The van der Waals surface area contributed by atoms with Gasteiger partial charge in [0, 0.05) is 45.0 Å². The van der Waals surface area contributed by atoms with Crippen LogP contribution >= 0.6 is 0 Å². The lowest BCUT2D eigenvalue weighted by Crippen LogP contribution is -2.47. The van der Waals surface area contributed by atoms with Gasteiger partial charge in [-0.05, 0) is 19.1 Å². The van der Waals surface area contributed by atoms with E-state index in [4.69, 9.17) is 0 Å². The van der Waals surface area contributed by atoms with Crippen LogP contribution in [0, 0.1) is 0 Å². The lowest BCUT2D eigenvalue weighted by molar-refractivity contribution is 0.641. The van der Waals surface area contributed by atoms with Gasteiger partial charge in [0.2, 0.25) is 0 Å². The van der Waals surface area contributed by atoms with E-state index < -0.39 is 0 Å². The first-order chi connectivity index (χ1) is 10.4. The van der Waals surface area contributed by atoms with Crippen molar-refractivity contribution in [1.29, 1.82) is 0 Å². The molecule has 0 aliphatic carbocycles. The first-order valence-corrected chi connectivity index (χ1v) is 7.33. The van der Waals surface area contributed by atoms with Crippen LogP contribution in [0.5, 0.6) is 0 Å². The summed E-state index contributed by atoms with van der Waals surface area (Å²) in [6.45, 7) is 6.73. The van der Waals surface area contributed by atoms with Crippen molar-refractivity contribution in [2.24, 2.45) is 0 Å². The molecule has 1 fully saturated rings. The van der Waals surface area contributed by atoms with Crippen LogP contribution in [-0.4, -0.2) is 47.7 Å². The van der Waals surface area contributed by atoms with Crippen molar-refractivity contribution in [2.45, 2.75) is 6.92 Å². The topological polar surface area (TPSA) is 57.2 Å². The summed E-state index contributed by atoms with van der Waals surface area (Å²) in [5.41, 5.74) is 0. The summed E-state index contributed by atoms with van der Waals surface area (Å²) in [5, 5.41) is 3.22. The highest BCUT2D eigenvalue weighted by Crippen LogP contribution is 2.18. The third kappa shape index (κ3) is 3.21. The highest BCUT2D eigenvalue weighted by molar-refractivity contribution is 5.50. The van der Waals surface area contributed by atoms with E-state index in [0.29, 0.717) is 0 Å². The van der Waals surface area contributed by atoms with Crippen LogP contribution in [0.1, 0.15) is 6.92 Å². The molecular weight excluding hydrogens is 264 g/mol. The molecule has 2 aromatic rings. The van der Waals surface area contributed by atoms with Crippen LogP contribution in [0.4, 0.5) is 17.5 Å². The molecule has 0 radical (unpaired) electrons. The highest BCUT2D eigenvalue weighted by Gasteiger charge is 2.19. The Labute approximate surface area is 124 Å². The second kappa shape index (κ2) is 6.39. The van der Waals surface area contributed by atoms with Crippen molar-refractivity contribution in [2.75, 3.05) is 47.8 Å². The van der Waals surface area contributed by atoms with Gasteiger partial charge in [0.25, 0.3) is 0 Å². The van der Waals surface area contributed by atoms with Crippen molar-refractivity contribution >= 4 is 17.5 Å². The van der Waals surface area contributed by atoms with Gasteiger partial charge in [-0.15, -0.1) is 0 Å². The van der Waals surface area contributed by atoms with E-state index >= 15 is 0 Å². The van der Waals surface area contributed by atoms with Gasteiger partial charge in [0.05, 0.1) is 0 Å². The number of hydrogen-bond acceptors (Lipinski definition) is 6. The number of anilines is 3. The summed E-state index contributed by atoms with van der Waals surface area (Å²) in [7, 11) is 0. The van der Waals surface area contributed by atoms with Gasteiger partial charge in [-0.3, -0.25) is 0 Å². The fourth-order valence-electron chi connectivity index (χ4n) is 2.50. The Balaban J connectivity index is 1.64. The first-order valence-electron chi connectivity index (χ1n) is 7.33. The second-order valence-electron chi connectivity index (χ2n) is 4.95. The highest BCUT2D eigenvalue weighted by atomic mass is 15.3. The largest absolute Gasteiger partial charge is 0.370 e. The summed E-state index contributed by atoms with van der Waals surface area (Å²) >= 11 is 0. The standard InChI is InChI=1S/C15H20N6/c1-2-16-13-11-15(19-12-18-13)21-9-7-20(8-10-21)14-5-3-4-6-17-14/h3-6,11-12H,2,7-10H2,1H3,(H,16,18,19). The molecule has 2 aromatic heterocycles. The third-order valence-corrected chi connectivity index (χ3v) is 3.59. The normalized spacial score (nSPS) is 15.1. The Bertz CT molecular complexity index is 565. The molecule has 0 saturated carbocycles. The van der Waals surface area contributed by atoms with Crippen LogP contribution in [0.25, 0.3) is 0 Å². The SMILES string of the molecule is CCNc1cc(N2CCN(c3ccccn3)CC2)ncn1. The first kappa shape index (κ1) is 13.6. The van der Waals surface area contributed by atoms with E-state index in [1.54, 1.807) is 6.33 Å². The zero-order valence-electron chi connectivity index (χ0n) is 12.2. The minimum Gasteiger partial charge on any atom is -0.370 e. The number of hydrogen-bond donors (Lipinski definition) is 1. The average molecular weight is 284 g/mol. The minimum atomic E-state index is 0.865. The molecule has 6 heteroatoms. The van der Waals surface area contributed by atoms with Gasteiger partial charge in [-0.25, -0.2) is 15.0 Å². The molecule has 0 aromatic carbocycles.